The molecule has 0 amide bonds. The van der Waals surface area contributed by atoms with E-state index in [1.807, 2.05) is 0 Å². The Hall–Kier alpha value is -0.160. The summed E-state index contributed by atoms with van der Waals surface area (Å²) in [7, 11) is 0. The molecule has 0 aromatic carbocycles. The number of ether oxygens (including phenoxy) is 2. The third-order valence-corrected chi connectivity index (χ3v) is 3.71. The van der Waals surface area contributed by atoms with E-state index in [1.54, 1.807) is 0 Å². The van der Waals surface area contributed by atoms with E-state index in [-0.39, 0.29) is 0 Å². The Kier molecular flexibility index (Phi) is 5.22. The predicted octanol–water partition coefficient (Wildman–Crippen LogP) is 0.864. The van der Waals surface area contributed by atoms with E-state index in [2.05, 4.69) is 24.1 Å². The molecular weight excluding hydrogens is 216 g/mol. The second kappa shape index (κ2) is 6.69. The molecule has 0 aromatic rings. The minimum absolute atomic E-state index is 0.419. The molecule has 0 radical (unpaired) electrons. The SMILES string of the molecule is C[C@H](CN1CCOCC1)N[C@H](C)[C@@H]1CCCO1. The standard InChI is InChI=1S/C13H26N2O2/c1-11(10-15-5-8-16-9-6-15)14-12(2)13-4-3-7-17-13/h11-14H,3-10H2,1-2H3/t11-,12-,13+/m1/s1. The molecule has 2 saturated heterocycles. The van der Waals surface area contributed by atoms with Crippen molar-refractivity contribution in [2.24, 2.45) is 0 Å². The Morgan fingerprint density at radius 3 is 2.65 bits per heavy atom. The zero-order valence-electron chi connectivity index (χ0n) is 11.2. The van der Waals surface area contributed by atoms with Gasteiger partial charge in [-0.05, 0) is 26.7 Å². The number of rotatable bonds is 5. The minimum Gasteiger partial charge on any atom is -0.379 e. The fourth-order valence-electron chi connectivity index (χ4n) is 2.78. The molecule has 2 aliphatic rings. The molecule has 100 valence electrons. The highest BCUT2D eigenvalue weighted by Crippen LogP contribution is 2.15. The van der Waals surface area contributed by atoms with Gasteiger partial charge in [0.1, 0.15) is 0 Å². The smallest absolute Gasteiger partial charge is 0.0726 e. The summed E-state index contributed by atoms with van der Waals surface area (Å²) < 4.78 is 11.1. The molecule has 17 heavy (non-hydrogen) atoms. The first kappa shape index (κ1) is 13.3. The average molecular weight is 242 g/mol. The van der Waals surface area contributed by atoms with Gasteiger partial charge in [0.05, 0.1) is 19.3 Å². The zero-order chi connectivity index (χ0) is 12.1. The molecule has 2 heterocycles. The lowest BCUT2D eigenvalue weighted by Gasteiger charge is -2.31. The van der Waals surface area contributed by atoms with Crippen LogP contribution >= 0.6 is 0 Å². The Morgan fingerprint density at radius 2 is 2.00 bits per heavy atom. The molecule has 4 nitrogen and oxygen atoms in total. The van der Waals surface area contributed by atoms with Gasteiger partial charge in [0.2, 0.25) is 0 Å². The molecule has 0 spiro atoms. The van der Waals surface area contributed by atoms with Gasteiger partial charge in [-0.3, -0.25) is 4.90 Å². The summed E-state index contributed by atoms with van der Waals surface area (Å²) in [6.45, 7) is 10.5. The summed E-state index contributed by atoms with van der Waals surface area (Å²) in [6, 6.07) is 0.987. The molecular formula is C13H26N2O2. The fraction of sp³-hybridized carbons (Fsp3) is 1.00. The molecule has 0 bridgehead atoms. The predicted molar refractivity (Wildman–Crippen MR) is 68.3 cm³/mol. The summed E-state index contributed by atoms with van der Waals surface area (Å²) in [4.78, 5) is 2.48. The lowest BCUT2D eigenvalue weighted by molar-refractivity contribution is 0.0310. The van der Waals surface area contributed by atoms with Gasteiger partial charge in [0.25, 0.3) is 0 Å². The quantitative estimate of drug-likeness (QED) is 0.775. The Labute approximate surface area is 105 Å². The van der Waals surface area contributed by atoms with Crippen molar-refractivity contribution in [1.82, 2.24) is 10.2 Å². The van der Waals surface area contributed by atoms with Crippen LogP contribution in [0.5, 0.6) is 0 Å². The first-order chi connectivity index (χ1) is 8.25. The van der Waals surface area contributed by atoms with Crippen molar-refractivity contribution in [2.75, 3.05) is 39.5 Å². The maximum atomic E-state index is 5.71. The van der Waals surface area contributed by atoms with Crippen LogP contribution in [0.3, 0.4) is 0 Å². The lowest BCUT2D eigenvalue weighted by atomic mass is 10.1. The van der Waals surface area contributed by atoms with Crippen LogP contribution in [-0.2, 0) is 9.47 Å². The van der Waals surface area contributed by atoms with Crippen molar-refractivity contribution in [3.8, 4) is 0 Å². The van der Waals surface area contributed by atoms with Gasteiger partial charge in [-0.15, -0.1) is 0 Å². The van der Waals surface area contributed by atoms with E-state index < -0.39 is 0 Å². The molecule has 0 aliphatic carbocycles. The van der Waals surface area contributed by atoms with Crippen LogP contribution < -0.4 is 5.32 Å². The largest absolute Gasteiger partial charge is 0.379 e. The van der Waals surface area contributed by atoms with Gasteiger partial charge in [0.15, 0.2) is 0 Å². The maximum absolute atomic E-state index is 5.71. The summed E-state index contributed by atoms with van der Waals surface area (Å²) in [5, 5.41) is 3.66. The van der Waals surface area contributed by atoms with E-state index in [9.17, 15) is 0 Å². The monoisotopic (exact) mass is 242 g/mol. The minimum atomic E-state index is 0.419. The molecule has 0 unspecified atom stereocenters. The molecule has 1 N–H and O–H groups in total. The number of hydrogen-bond donors (Lipinski definition) is 1. The van der Waals surface area contributed by atoms with E-state index in [4.69, 9.17) is 9.47 Å². The van der Waals surface area contributed by atoms with Gasteiger partial charge in [-0.1, -0.05) is 0 Å². The molecule has 2 fully saturated rings. The van der Waals surface area contributed by atoms with Crippen molar-refractivity contribution in [1.29, 1.82) is 0 Å². The molecule has 2 rings (SSSR count). The van der Waals surface area contributed by atoms with E-state index in [1.165, 1.54) is 12.8 Å². The zero-order valence-corrected chi connectivity index (χ0v) is 11.2. The number of hydrogen-bond acceptors (Lipinski definition) is 4. The third-order valence-electron chi connectivity index (χ3n) is 3.71. The first-order valence-corrected chi connectivity index (χ1v) is 6.93. The van der Waals surface area contributed by atoms with E-state index in [0.717, 1.165) is 39.5 Å². The maximum Gasteiger partial charge on any atom is 0.0726 e. The Morgan fingerprint density at radius 1 is 1.24 bits per heavy atom. The Balaban J connectivity index is 1.66. The van der Waals surface area contributed by atoms with Crippen LogP contribution in [0.2, 0.25) is 0 Å². The summed E-state index contributed by atoms with van der Waals surface area (Å²) >= 11 is 0. The summed E-state index contributed by atoms with van der Waals surface area (Å²) in [5.74, 6) is 0. The third kappa shape index (κ3) is 4.21. The van der Waals surface area contributed by atoms with E-state index in [0.29, 0.717) is 18.2 Å². The van der Waals surface area contributed by atoms with Gasteiger partial charge in [-0.25, -0.2) is 0 Å². The molecule has 0 saturated carbocycles. The Bertz CT molecular complexity index is 213. The normalized spacial score (nSPS) is 30.4. The highest BCUT2D eigenvalue weighted by molar-refractivity contribution is 4.80. The highest BCUT2D eigenvalue weighted by atomic mass is 16.5. The van der Waals surface area contributed by atoms with Gasteiger partial charge >= 0.3 is 0 Å². The highest BCUT2D eigenvalue weighted by Gasteiger charge is 2.24. The van der Waals surface area contributed by atoms with Crippen molar-refractivity contribution < 1.29 is 9.47 Å². The van der Waals surface area contributed by atoms with Gasteiger partial charge < -0.3 is 14.8 Å². The molecule has 0 aromatic heterocycles. The molecule has 2 aliphatic heterocycles. The number of nitrogens with zero attached hydrogens (tertiary/aromatic N) is 1. The van der Waals surface area contributed by atoms with Crippen molar-refractivity contribution >= 4 is 0 Å². The van der Waals surface area contributed by atoms with Crippen LogP contribution in [0, 0.1) is 0 Å². The van der Waals surface area contributed by atoms with Crippen LogP contribution in [0.1, 0.15) is 26.7 Å². The van der Waals surface area contributed by atoms with Crippen molar-refractivity contribution in [2.45, 2.75) is 44.9 Å². The molecule has 3 atom stereocenters. The van der Waals surface area contributed by atoms with Crippen molar-refractivity contribution in [3.63, 3.8) is 0 Å². The topological polar surface area (TPSA) is 33.7 Å². The lowest BCUT2D eigenvalue weighted by Crippen LogP contribution is -2.49. The number of morpholine rings is 1. The van der Waals surface area contributed by atoms with Crippen LogP contribution in [0.4, 0.5) is 0 Å². The van der Waals surface area contributed by atoms with Crippen molar-refractivity contribution in [3.05, 3.63) is 0 Å². The summed E-state index contributed by atoms with van der Waals surface area (Å²) in [5.41, 5.74) is 0. The van der Waals surface area contributed by atoms with E-state index >= 15 is 0 Å². The molecule has 4 heteroatoms. The van der Waals surface area contributed by atoms with Gasteiger partial charge in [-0.2, -0.15) is 0 Å². The van der Waals surface area contributed by atoms with Crippen LogP contribution in [0.15, 0.2) is 0 Å². The fourth-order valence-corrected chi connectivity index (χ4v) is 2.78. The summed E-state index contributed by atoms with van der Waals surface area (Å²) in [6.07, 6.45) is 2.84. The average Bonchev–Trinajstić information content (AvgIpc) is 2.83. The van der Waals surface area contributed by atoms with Gasteiger partial charge in [0, 0.05) is 38.3 Å². The second-order valence-electron chi connectivity index (χ2n) is 5.32. The second-order valence-corrected chi connectivity index (χ2v) is 5.32. The first-order valence-electron chi connectivity index (χ1n) is 6.93. The van der Waals surface area contributed by atoms with Crippen LogP contribution in [0.25, 0.3) is 0 Å². The number of nitrogens with one attached hydrogen (secondary N) is 1. The van der Waals surface area contributed by atoms with Crippen LogP contribution in [-0.4, -0.2) is 62.5 Å².